The van der Waals surface area contributed by atoms with Crippen LogP contribution in [-0.4, -0.2) is 47.4 Å². The first kappa shape index (κ1) is 20.7. The molecule has 2 fully saturated rings. The molecule has 1 N–H and O–H groups in total. The van der Waals surface area contributed by atoms with Gasteiger partial charge in [-0.3, -0.25) is 0 Å². The van der Waals surface area contributed by atoms with E-state index < -0.39 is 15.7 Å². The van der Waals surface area contributed by atoms with Crippen LogP contribution >= 0.6 is 0 Å². The van der Waals surface area contributed by atoms with Crippen LogP contribution in [0, 0.1) is 11.7 Å². The standard InChI is InChI=1S/C23H26FNO5S/c24-16-9-17(29-14-15-4-7-28-8-5-15)11-19(10-16)31(26,27)18-1-2-20-21-3-6-25-13-23(21)30-22(20)12-18/h1-2,9-12,15,21,23,25H,3-8,13-14H2. The highest BCUT2D eigenvalue weighted by Crippen LogP contribution is 2.43. The average molecular weight is 448 g/mol. The van der Waals surface area contributed by atoms with Gasteiger partial charge in [-0.25, -0.2) is 12.8 Å². The number of sulfone groups is 1. The van der Waals surface area contributed by atoms with E-state index in [2.05, 4.69) is 5.32 Å². The molecule has 0 spiro atoms. The lowest BCUT2D eigenvalue weighted by molar-refractivity contribution is 0.0497. The van der Waals surface area contributed by atoms with Gasteiger partial charge in [0.1, 0.15) is 23.4 Å². The van der Waals surface area contributed by atoms with Crippen molar-refractivity contribution in [3.8, 4) is 11.5 Å². The van der Waals surface area contributed by atoms with Crippen LogP contribution in [0.3, 0.4) is 0 Å². The van der Waals surface area contributed by atoms with Crippen LogP contribution in [0.5, 0.6) is 11.5 Å². The summed E-state index contributed by atoms with van der Waals surface area (Å²) in [5.74, 6) is 0.792. The van der Waals surface area contributed by atoms with Gasteiger partial charge in [-0.1, -0.05) is 6.07 Å². The Labute approximate surface area is 181 Å². The Kier molecular flexibility index (Phi) is 5.62. The van der Waals surface area contributed by atoms with Gasteiger partial charge in [0, 0.05) is 37.3 Å². The Morgan fingerprint density at radius 3 is 2.74 bits per heavy atom. The zero-order chi connectivity index (χ0) is 21.4. The van der Waals surface area contributed by atoms with Crippen molar-refractivity contribution in [1.29, 1.82) is 0 Å². The zero-order valence-electron chi connectivity index (χ0n) is 17.2. The van der Waals surface area contributed by atoms with Gasteiger partial charge < -0.3 is 19.5 Å². The fourth-order valence-corrected chi connectivity index (χ4v) is 5.92. The molecular weight excluding hydrogens is 421 g/mol. The Morgan fingerprint density at radius 1 is 1.06 bits per heavy atom. The van der Waals surface area contributed by atoms with E-state index in [0.717, 1.165) is 44.0 Å². The van der Waals surface area contributed by atoms with Gasteiger partial charge in [0.15, 0.2) is 0 Å². The van der Waals surface area contributed by atoms with Crippen LogP contribution in [0.15, 0.2) is 46.2 Å². The molecule has 0 bridgehead atoms. The molecular formula is C23H26FNO5S. The largest absolute Gasteiger partial charge is 0.493 e. The topological polar surface area (TPSA) is 73.9 Å². The van der Waals surface area contributed by atoms with Gasteiger partial charge in [-0.15, -0.1) is 0 Å². The van der Waals surface area contributed by atoms with Gasteiger partial charge in [-0.2, -0.15) is 0 Å². The van der Waals surface area contributed by atoms with Crippen molar-refractivity contribution in [2.24, 2.45) is 5.92 Å². The number of nitrogens with one attached hydrogen (secondary N) is 1. The third-order valence-corrected chi connectivity index (χ3v) is 8.11. The summed E-state index contributed by atoms with van der Waals surface area (Å²) >= 11 is 0. The Balaban J connectivity index is 1.39. The molecule has 0 radical (unpaired) electrons. The van der Waals surface area contributed by atoms with Crippen LogP contribution in [0.2, 0.25) is 0 Å². The molecule has 0 aliphatic carbocycles. The summed E-state index contributed by atoms with van der Waals surface area (Å²) in [6.07, 6.45) is 2.75. The maximum atomic E-state index is 14.3. The summed E-state index contributed by atoms with van der Waals surface area (Å²) in [5, 5.41) is 3.30. The van der Waals surface area contributed by atoms with E-state index in [-0.39, 0.29) is 27.6 Å². The normalized spacial score (nSPS) is 23.6. The minimum absolute atomic E-state index is 0.0288. The van der Waals surface area contributed by atoms with Gasteiger partial charge in [-0.05, 0) is 56.0 Å². The van der Waals surface area contributed by atoms with Crippen molar-refractivity contribution in [3.63, 3.8) is 0 Å². The first-order chi connectivity index (χ1) is 15.0. The van der Waals surface area contributed by atoms with Crippen LogP contribution in [-0.2, 0) is 14.6 Å². The second-order valence-electron chi connectivity index (χ2n) is 8.45. The van der Waals surface area contributed by atoms with Crippen LogP contribution in [0.1, 0.15) is 30.7 Å². The van der Waals surface area contributed by atoms with E-state index in [4.69, 9.17) is 14.2 Å². The van der Waals surface area contributed by atoms with E-state index in [0.29, 0.717) is 31.5 Å². The van der Waals surface area contributed by atoms with Crippen molar-refractivity contribution in [2.45, 2.75) is 41.1 Å². The van der Waals surface area contributed by atoms with Crippen LogP contribution < -0.4 is 14.8 Å². The first-order valence-electron chi connectivity index (χ1n) is 10.8. The Bertz CT molecular complexity index is 1070. The van der Waals surface area contributed by atoms with Crippen LogP contribution in [0.25, 0.3) is 0 Å². The summed E-state index contributed by atoms with van der Waals surface area (Å²) in [6, 6.07) is 8.65. The van der Waals surface area contributed by atoms with E-state index in [1.54, 1.807) is 12.1 Å². The quantitative estimate of drug-likeness (QED) is 0.758. The van der Waals surface area contributed by atoms with Gasteiger partial charge in [0.2, 0.25) is 9.84 Å². The van der Waals surface area contributed by atoms with Gasteiger partial charge >= 0.3 is 0 Å². The second kappa shape index (κ2) is 8.41. The molecule has 0 amide bonds. The molecule has 166 valence electrons. The summed E-state index contributed by atoms with van der Waals surface area (Å²) in [6.45, 7) is 3.46. The van der Waals surface area contributed by atoms with E-state index >= 15 is 0 Å². The molecule has 2 aromatic carbocycles. The van der Waals surface area contributed by atoms with Crippen molar-refractivity contribution in [2.75, 3.05) is 32.9 Å². The lowest BCUT2D eigenvalue weighted by atomic mass is 9.90. The molecule has 2 aromatic rings. The lowest BCUT2D eigenvalue weighted by Gasteiger charge is -2.24. The minimum atomic E-state index is -3.92. The van der Waals surface area contributed by atoms with E-state index in [1.165, 1.54) is 12.1 Å². The van der Waals surface area contributed by atoms with E-state index in [9.17, 15) is 12.8 Å². The second-order valence-corrected chi connectivity index (χ2v) is 10.4. The molecule has 2 unspecified atom stereocenters. The van der Waals surface area contributed by atoms with E-state index in [1.807, 2.05) is 6.07 Å². The number of fused-ring (bicyclic) bond motifs is 3. The van der Waals surface area contributed by atoms with Crippen molar-refractivity contribution in [1.82, 2.24) is 5.32 Å². The molecule has 2 atom stereocenters. The molecule has 3 aliphatic rings. The third-order valence-electron chi connectivity index (χ3n) is 6.38. The summed E-state index contributed by atoms with van der Waals surface area (Å²) < 4.78 is 57.8. The van der Waals surface area contributed by atoms with Crippen molar-refractivity contribution in [3.05, 3.63) is 47.8 Å². The van der Waals surface area contributed by atoms with Crippen molar-refractivity contribution < 1.29 is 27.0 Å². The smallest absolute Gasteiger partial charge is 0.206 e. The number of piperidine rings is 1. The molecule has 31 heavy (non-hydrogen) atoms. The Morgan fingerprint density at radius 2 is 1.90 bits per heavy atom. The molecule has 2 saturated heterocycles. The number of halogens is 1. The van der Waals surface area contributed by atoms with Gasteiger partial charge in [0.25, 0.3) is 0 Å². The fraction of sp³-hybridized carbons (Fsp3) is 0.478. The van der Waals surface area contributed by atoms with Crippen molar-refractivity contribution >= 4 is 9.84 Å². The highest BCUT2D eigenvalue weighted by molar-refractivity contribution is 7.91. The molecule has 5 rings (SSSR count). The molecule has 3 heterocycles. The summed E-state index contributed by atoms with van der Waals surface area (Å²) in [5.41, 5.74) is 1.05. The number of ether oxygens (including phenoxy) is 3. The number of hydrogen-bond donors (Lipinski definition) is 1. The fourth-order valence-electron chi connectivity index (χ4n) is 4.60. The summed E-state index contributed by atoms with van der Waals surface area (Å²) in [4.78, 5) is -0.0228. The predicted molar refractivity (Wildman–Crippen MR) is 112 cm³/mol. The number of benzene rings is 2. The average Bonchev–Trinajstić information content (AvgIpc) is 3.16. The third kappa shape index (κ3) is 4.16. The minimum Gasteiger partial charge on any atom is -0.493 e. The Hall–Kier alpha value is -2.16. The highest BCUT2D eigenvalue weighted by atomic mass is 32.2. The molecule has 3 aliphatic heterocycles. The highest BCUT2D eigenvalue weighted by Gasteiger charge is 2.37. The summed E-state index contributed by atoms with van der Waals surface area (Å²) in [7, 11) is -3.92. The number of hydrogen-bond acceptors (Lipinski definition) is 6. The first-order valence-corrected chi connectivity index (χ1v) is 12.3. The molecule has 0 saturated carbocycles. The maximum absolute atomic E-state index is 14.3. The molecule has 6 nitrogen and oxygen atoms in total. The number of rotatable bonds is 5. The maximum Gasteiger partial charge on any atom is 0.206 e. The lowest BCUT2D eigenvalue weighted by Crippen LogP contribution is -2.39. The van der Waals surface area contributed by atoms with Gasteiger partial charge in [0.05, 0.1) is 16.4 Å². The zero-order valence-corrected chi connectivity index (χ0v) is 18.0. The SMILES string of the molecule is O=S(=O)(c1cc(F)cc(OCC2CCOCC2)c1)c1ccc2c(c1)OC1CNCCC21. The predicted octanol–water partition coefficient (Wildman–Crippen LogP) is 3.30. The molecule has 0 aromatic heterocycles. The van der Waals surface area contributed by atoms with Crippen LogP contribution in [0.4, 0.5) is 4.39 Å². The monoisotopic (exact) mass is 447 g/mol. The molecule has 8 heteroatoms.